The summed E-state index contributed by atoms with van der Waals surface area (Å²) in [6.07, 6.45) is 3.42. The van der Waals surface area contributed by atoms with Gasteiger partial charge < -0.3 is 15.5 Å². The molecule has 1 fully saturated rings. The molecular formula is C12H23N3O2. The minimum absolute atomic E-state index is 0.00348. The van der Waals surface area contributed by atoms with Crippen molar-refractivity contribution in [3.8, 4) is 0 Å². The van der Waals surface area contributed by atoms with Crippen LogP contribution >= 0.6 is 0 Å². The molecule has 98 valence electrons. The normalized spacial score (nSPS) is 24.2. The first-order valence-corrected chi connectivity index (χ1v) is 6.19. The molecule has 0 aromatic heterocycles. The Labute approximate surface area is 103 Å². The molecule has 2 amide bonds. The SMILES string of the molecule is CN(C)C(=O)CCNC(=O)C1(C)CCCCN1. The van der Waals surface area contributed by atoms with Crippen LogP contribution in [0, 0.1) is 0 Å². The van der Waals surface area contributed by atoms with Gasteiger partial charge in [0.25, 0.3) is 0 Å². The number of piperidine rings is 1. The molecule has 5 heteroatoms. The first kappa shape index (κ1) is 14.0. The van der Waals surface area contributed by atoms with Crippen molar-refractivity contribution < 1.29 is 9.59 Å². The van der Waals surface area contributed by atoms with Gasteiger partial charge in [0.15, 0.2) is 0 Å². The van der Waals surface area contributed by atoms with Crippen molar-refractivity contribution in [2.24, 2.45) is 0 Å². The van der Waals surface area contributed by atoms with E-state index in [9.17, 15) is 9.59 Å². The second-order valence-electron chi connectivity index (χ2n) is 5.01. The van der Waals surface area contributed by atoms with Crippen LogP contribution in [0.4, 0.5) is 0 Å². The third-order valence-electron chi connectivity index (χ3n) is 3.24. The van der Waals surface area contributed by atoms with Crippen LogP contribution < -0.4 is 10.6 Å². The van der Waals surface area contributed by atoms with E-state index >= 15 is 0 Å². The van der Waals surface area contributed by atoms with Crippen LogP contribution in [0.2, 0.25) is 0 Å². The van der Waals surface area contributed by atoms with Crippen molar-refractivity contribution in [1.29, 1.82) is 0 Å². The van der Waals surface area contributed by atoms with Crippen LogP contribution in [0.15, 0.2) is 0 Å². The van der Waals surface area contributed by atoms with E-state index in [0.717, 1.165) is 25.8 Å². The zero-order chi connectivity index (χ0) is 12.9. The number of hydrogen-bond donors (Lipinski definition) is 2. The van der Waals surface area contributed by atoms with Gasteiger partial charge in [0.1, 0.15) is 0 Å². The summed E-state index contributed by atoms with van der Waals surface area (Å²) in [6, 6.07) is 0. The predicted octanol–water partition coefficient (Wildman–Crippen LogP) is 0.113. The van der Waals surface area contributed by atoms with Gasteiger partial charge in [-0.25, -0.2) is 0 Å². The van der Waals surface area contributed by atoms with Crippen LogP contribution in [0.25, 0.3) is 0 Å². The largest absolute Gasteiger partial charge is 0.354 e. The molecule has 1 rings (SSSR count). The number of amides is 2. The Balaban J connectivity index is 2.31. The zero-order valence-electron chi connectivity index (χ0n) is 11.0. The number of hydrogen-bond acceptors (Lipinski definition) is 3. The van der Waals surface area contributed by atoms with Crippen molar-refractivity contribution in [2.45, 2.75) is 38.1 Å². The smallest absolute Gasteiger partial charge is 0.240 e. The summed E-state index contributed by atoms with van der Waals surface area (Å²) >= 11 is 0. The monoisotopic (exact) mass is 241 g/mol. The summed E-state index contributed by atoms with van der Waals surface area (Å²) in [7, 11) is 3.43. The molecule has 1 aliphatic rings. The highest BCUT2D eigenvalue weighted by atomic mass is 16.2. The Morgan fingerprint density at radius 2 is 2.06 bits per heavy atom. The van der Waals surface area contributed by atoms with Crippen molar-refractivity contribution in [2.75, 3.05) is 27.2 Å². The van der Waals surface area contributed by atoms with Gasteiger partial charge in [-0.3, -0.25) is 9.59 Å². The van der Waals surface area contributed by atoms with E-state index in [2.05, 4.69) is 10.6 Å². The van der Waals surface area contributed by atoms with Crippen molar-refractivity contribution in [3.63, 3.8) is 0 Å². The zero-order valence-corrected chi connectivity index (χ0v) is 11.0. The quantitative estimate of drug-likeness (QED) is 0.734. The lowest BCUT2D eigenvalue weighted by atomic mass is 9.90. The molecule has 5 nitrogen and oxygen atoms in total. The minimum atomic E-state index is -0.459. The fraction of sp³-hybridized carbons (Fsp3) is 0.833. The second kappa shape index (κ2) is 6.00. The molecule has 17 heavy (non-hydrogen) atoms. The fourth-order valence-electron chi connectivity index (χ4n) is 1.95. The molecule has 1 unspecified atom stereocenters. The molecule has 0 radical (unpaired) electrons. The Morgan fingerprint density at radius 3 is 2.59 bits per heavy atom. The topological polar surface area (TPSA) is 61.4 Å². The van der Waals surface area contributed by atoms with Crippen molar-refractivity contribution in [1.82, 2.24) is 15.5 Å². The molecule has 0 aromatic rings. The molecule has 0 aliphatic carbocycles. The number of nitrogens with zero attached hydrogens (tertiary/aromatic N) is 1. The van der Waals surface area contributed by atoms with E-state index in [1.54, 1.807) is 14.1 Å². The summed E-state index contributed by atoms with van der Waals surface area (Å²) in [5, 5.41) is 6.08. The number of nitrogens with one attached hydrogen (secondary N) is 2. The van der Waals surface area contributed by atoms with E-state index in [0.29, 0.717) is 13.0 Å². The first-order valence-electron chi connectivity index (χ1n) is 6.19. The molecular weight excluding hydrogens is 218 g/mol. The lowest BCUT2D eigenvalue weighted by Crippen LogP contribution is -2.57. The molecule has 0 spiro atoms. The van der Waals surface area contributed by atoms with E-state index < -0.39 is 5.54 Å². The van der Waals surface area contributed by atoms with Crippen LogP contribution in [0.5, 0.6) is 0 Å². The van der Waals surface area contributed by atoms with Crippen LogP contribution in [0.3, 0.4) is 0 Å². The van der Waals surface area contributed by atoms with Crippen LogP contribution in [-0.4, -0.2) is 49.4 Å². The van der Waals surface area contributed by atoms with Gasteiger partial charge in [-0.05, 0) is 32.7 Å². The first-order chi connectivity index (χ1) is 7.96. The maximum absolute atomic E-state index is 12.0. The van der Waals surface area contributed by atoms with E-state index in [-0.39, 0.29) is 11.8 Å². The molecule has 1 aliphatic heterocycles. The molecule has 2 N–H and O–H groups in total. The molecule has 1 saturated heterocycles. The van der Waals surface area contributed by atoms with E-state index in [1.165, 1.54) is 4.90 Å². The average Bonchev–Trinajstić information content (AvgIpc) is 2.29. The van der Waals surface area contributed by atoms with Gasteiger partial charge in [0.2, 0.25) is 11.8 Å². The summed E-state index contributed by atoms with van der Waals surface area (Å²) in [4.78, 5) is 24.8. The average molecular weight is 241 g/mol. The highest BCUT2D eigenvalue weighted by Crippen LogP contribution is 2.18. The van der Waals surface area contributed by atoms with E-state index in [4.69, 9.17) is 0 Å². The van der Waals surface area contributed by atoms with Gasteiger partial charge in [0, 0.05) is 27.1 Å². The minimum Gasteiger partial charge on any atom is -0.354 e. The lowest BCUT2D eigenvalue weighted by Gasteiger charge is -2.33. The third kappa shape index (κ3) is 4.00. The highest BCUT2D eigenvalue weighted by molar-refractivity contribution is 5.86. The van der Waals surface area contributed by atoms with Gasteiger partial charge in [0.05, 0.1) is 5.54 Å². The van der Waals surface area contributed by atoms with Crippen molar-refractivity contribution in [3.05, 3.63) is 0 Å². The molecule has 1 heterocycles. The molecule has 0 aromatic carbocycles. The third-order valence-corrected chi connectivity index (χ3v) is 3.24. The molecule has 0 bridgehead atoms. The lowest BCUT2D eigenvalue weighted by molar-refractivity contribution is -0.129. The van der Waals surface area contributed by atoms with Crippen LogP contribution in [0.1, 0.15) is 32.6 Å². The number of carbonyl (C=O) groups is 2. The second-order valence-corrected chi connectivity index (χ2v) is 5.01. The molecule has 0 saturated carbocycles. The van der Waals surface area contributed by atoms with Gasteiger partial charge in [-0.15, -0.1) is 0 Å². The van der Waals surface area contributed by atoms with Gasteiger partial charge in [-0.1, -0.05) is 0 Å². The van der Waals surface area contributed by atoms with Gasteiger partial charge >= 0.3 is 0 Å². The van der Waals surface area contributed by atoms with E-state index in [1.807, 2.05) is 6.92 Å². The predicted molar refractivity (Wildman–Crippen MR) is 66.6 cm³/mol. The molecule has 1 atom stereocenters. The Bertz CT molecular complexity index is 283. The van der Waals surface area contributed by atoms with Gasteiger partial charge in [-0.2, -0.15) is 0 Å². The van der Waals surface area contributed by atoms with Crippen LogP contribution in [-0.2, 0) is 9.59 Å². The number of rotatable bonds is 4. The Hall–Kier alpha value is -1.10. The maximum Gasteiger partial charge on any atom is 0.240 e. The maximum atomic E-state index is 12.0. The summed E-state index contributed by atoms with van der Waals surface area (Å²) in [5.41, 5.74) is -0.459. The van der Waals surface area contributed by atoms with Crippen molar-refractivity contribution >= 4 is 11.8 Å². The summed E-state index contributed by atoms with van der Waals surface area (Å²) in [6.45, 7) is 3.23. The summed E-state index contributed by atoms with van der Waals surface area (Å²) in [5.74, 6) is 0.0378. The Morgan fingerprint density at radius 1 is 1.35 bits per heavy atom. The fourth-order valence-corrected chi connectivity index (χ4v) is 1.95. The Kier molecular flexibility index (Phi) is 4.93. The highest BCUT2D eigenvalue weighted by Gasteiger charge is 2.33. The standard InChI is InChI=1S/C12H23N3O2/c1-12(7-4-5-8-14-12)11(17)13-9-6-10(16)15(2)3/h14H,4-9H2,1-3H3,(H,13,17). The number of carbonyl (C=O) groups excluding carboxylic acids is 2. The summed E-state index contributed by atoms with van der Waals surface area (Å²) < 4.78 is 0.